The molecule has 0 bridgehead atoms. The molecule has 0 saturated carbocycles. The molecule has 1 fully saturated rings. The van der Waals surface area contributed by atoms with Gasteiger partial charge in [0, 0.05) is 31.5 Å². The Labute approximate surface area is 137 Å². The highest BCUT2D eigenvalue weighted by Gasteiger charge is 2.28. The lowest BCUT2D eigenvalue weighted by atomic mass is 10.0. The van der Waals surface area contributed by atoms with Crippen molar-refractivity contribution in [3.8, 4) is 11.4 Å². The summed E-state index contributed by atoms with van der Waals surface area (Å²) in [4.78, 5) is 4.75. The Kier molecular flexibility index (Phi) is 4.50. The molecule has 2 aromatic heterocycles. The predicted octanol–water partition coefficient (Wildman–Crippen LogP) is 1.79. The number of aryl methyl sites for hydroxylation is 1. The highest BCUT2D eigenvalue weighted by Crippen LogP contribution is 2.23. The number of aromatic nitrogens is 3. The summed E-state index contributed by atoms with van der Waals surface area (Å²) in [6.45, 7) is 4.07. The molecule has 0 N–H and O–H groups in total. The zero-order valence-electron chi connectivity index (χ0n) is 13.5. The van der Waals surface area contributed by atoms with Gasteiger partial charge in [-0.05, 0) is 43.9 Å². The number of hydrogen-bond donors (Lipinski definition) is 0. The molecule has 6 nitrogen and oxygen atoms in total. The van der Waals surface area contributed by atoms with Gasteiger partial charge in [-0.1, -0.05) is 6.07 Å². The average Bonchev–Trinajstić information content (AvgIpc) is 3.15. The number of pyridine rings is 1. The number of sulfonamides is 1. The van der Waals surface area contributed by atoms with Crippen LogP contribution in [0.15, 0.2) is 30.5 Å². The Morgan fingerprint density at radius 3 is 2.83 bits per heavy atom. The Balaban J connectivity index is 1.74. The molecular formula is C16H22N4O2S. The van der Waals surface area contributed by atoms with Crippen LogP contribution in [-0.4, -0.2) is 46.8 Å². The summed E-state index contributed by atoms with van der Waals surface area (Å²) in [5.41, 5.74) is 2.94. The van der Waals surface area contributed by atoms with Crippen molar-refractivity contribution < 1.29 is 8.42 Å². The topological polar surface area (TPSA) is 68.1 Å². The molecule has 1 atom stereocenters. The van der Waals surface area contributed by atoms with Gasteiger partial charge >= 0.3 is 0 Å². The fraction of sp³-hybridized carbons (Fsp3) is 0.500. The van der Waals surface area contributed by atoms with Crippen LogP contribution in [0.4, 0.5) is 0 Å². The van der Waals surface area contributed by atoms with Crippen molar-refractivity contribution in [1.82, 2.24) is 19.1 Å². The number of rotatable bonds is 5. The second kappa shape index (κ2) is 6.41. The van der Waals surface area contributed by atoms with Gasteiger partial charge < -0.3 is 0 Å². The van der Waals surface area contributed by atoms with E-state index in [2.05, 4.69) is 12.0 Å². The Hall–Kier alpha value is -1.73. The van der Waals surface area contributed by atoms with Gasteiger partial charge in [0.05, 0.1) is 17.6 Å². The molecule has 3 rings (SSSR count). The lowest BCUT2D eigenvalue weighted by Gasteiger charge is -2.13. The van der Waals surface area contributed by atoms with E-state index in [1.165, 1.54) is 6.26 Å². The molecule has 124 valence electrons. The quantitative estimate of drug-likeness (QED) is 0.836. The molecule has 23 heavy (non-hydrogen) atoms. The molecule has 3 heterocycles. The van der Waals surface area contributed by atoms with E-state index in [0.717, 1.165) is 36.5 Å². The predicted molar refractivity (Wildman–Crippen MR) is 89.4 cm³/mol. The monoisotopic (exact) mass is 334 g/mol. The van der Waals surface area contributed by atoms with Gasteiger partial charge in [-0.15, -0.1) is 0 Å². The van der Waals surface area contributed by atoms with Crippen molar-refractivity contribution in [2.75, 3.05) is 19.3 Å². The van der Waals surface area contributed by atoms with E-state index in [4.69, 9.17) is 4.98 Å². The number of hydrogen-bond acceptors (Lipinski definition) is 4. The highest BCUT2D eigenvalue weighted by atomic mass is 32.2. The molecule has 0 spiro atoms. The van der Waals surface area contributed by atoms with Gasteiger partial charge in [0.15, 0.2) is 0 Å². The summed E-state index contributed by atoms with van der Waals surface area (Å²) in [6.07, 6.45) is 4.76. The van der Waals surface area contributed by atoms with E-state index in [9.17, 15) is 8.42 Å². The molecule has 1 aliphatic rings. The Morgan fingerprint density at radius 1 is 1.30 bits per heavy atom. The third-order valence-electron chi connectivity index (χ3n) is 4.30. The first-order valence-electron chi connectivity index (χ1n) is 7.90. The van der Waals surface area contributed by atoms with Crippen molar-refractivity contribution in [3.05, 3.63) is 36.2 Å². The maximum absolute atomic E-state index is 11.6. The van der Waals surface area contributed by atoms with Gasteiger partial charge in [-0.2, -0.15) is 5.10 Å². The lowest BCUT2D eigenvalue weighted by Crippen LogP contribution is -2.27. The SMILES string of the molecule is CCn1nccc1-c1cccc(C[C@@H]2CCN(S(C)(=O)=O)C2)n1. The van der Waals surface area contributed by atoms with Gasteiger partial charge in [0.2, 0.25) is 10.0 Å². The maximum Gasteiger partial charge on any atom is 0.211 e. The van der Waals surface area contributed by atoms with Crippen molar-refractivity contribution >= 4 is 10.0 Å². The zero-order valence-corrected chi connectivity index (χ0v) is 14.3. The molecular weight excluding hydrogens is 312 g/mol. The number of nitrogens with zero attached hydrogens (tertiary/aromatic N) is 4. The fourth-order valence-corrected chi connectivity index (χ4v) is 4.02. The fourth-order valence-electron chi connectivity index (χ4n) is 3.10. The first-order valence-corrected chi connectivity index (χ1v) is 9.75. The molecule has 0 aliphatic carbocycles. The molecule has 0 aromatic carbocycles. The highest BCUT2D eigenvalue weighted by molar-refractivity contribution is 7.88. The van der Waals surface area contributed by atoms with Crippen LogP contribution in [0.1, 0.15) is 19.0 Å². The average molecular weight is 334 g/mol. The van der Waals surface area contributed by atoms with E-state index < -0.39 is 10.0 Å². The van der Waals surface area contributed by atoms with E-state index in [0.29, 0.717) is 19.0 Å². The second-order valence-corrected chi connectivity index (χ2v) is 8.01. The van der Waals surface area contributed by atoms with E-state index in [-0.39, 0.29) is 0 Å². The minimum atomic E-state index is -3.08. The Bertz CT molecular complexity index is 785. The van der Waals surface area contributed by atoms with Crippen LogP contribution in [0.2, 0.25) is 0 Å². The molecule has 7 heteroatoms. The first kappa shape index (κ1) is 16.1. The molecule has 1 saturated heterocycles. The van der Waals surface area contributed by atoms with Crippen LogP contribution in [0.5, 0.6) is 0 Å². The van der Waals surface area contributed by atoms with Gasteiger partial charge in [0.25, 0.3) is 0 Å². The smallest absolute Gasteiger partial charge is 0.211 e. The molecule has 0 amide bonds. The second-order valence-electron chi connectivity index (χ2n) is 6.03. The normalized spacial score (nSPS) is 19.3. The van der Waals surface area contributed by atoms with Crippen LogP contribution in [0, 0.1) is 5.92 Å². The summed E-state index contributed by atoms with van der Waals surface area (Å²) in [5.74, 6) is 0.337. The molecule has 0 unspecified atom stereocenters. The van der Waals surface area contributed by atoms with Gasteiger partial charge in [-0.25, -0.2) is 12.7 Å². The molecule has 0 radical (unpaired) electrons. The summed E-state index contributed by atoms with van der Waals surface area (Å²) in [6, 6.07) is 7.98. The third-order valence-corrected chi connectivity index (χ3v) is 5.57. The van der Waals surface area contributed by atoms with E-state index in [1.807, 2.05) is 28.9 Å². The summed E-state index contributed by atoms with van der Waals surface area (Å²) >= 11 is 0. The van der Waals surface area contributed by atoms with E-state index in [1.54, 1.807) is 10.5 Å². The minimum Gasteiger partial charge on any atom is -0.264 e. The summed E-state index contributed by atoms with van der Waals surface area (Å²) in [5, 5.41) is 4.28. The first-order chi connectivity index (χ1) is 11.0. The molecule has 1 aliphatic heterocycles. The zero-order chi connectivity index (χ0) is 16.4. The van der Waals surface area contributed by atoms with E-state index >= 15 is 0 Å². The van der Waals surface area contributed by atoms with Crippen LogP contribution in [0.25, 0.3) is 11.4 Å². The van der Waals surface area contributed by atoms with Crippen LogP contribution in [0.3, 0.4) is 0 Å². The Morgan fingerprint density at radius 2 is 2.13 bits per heavy atom. The van der Waals surface area contributed by atoms with Crippen LogP contribution >= 0.6 is 0 Å². The third kappa shape index (κ3) is 3.61. The summed E-state index contributed by atoms with van der Waals surface area (Å²) < 4.78 is 26.7. The van der Waals surface area contributed by atoms with Gasteiger partial charge in [0.1, 0.15) is 0 Å². The maximum atomic E-state index is 11.6. The molecule has 2 aromatic rings. The van der Waals surface area contributed by atoms with Gasteiger partial charge in [-0.3, -0.25) is 9.67 Å². The summed E-state index contributed by atoms with van der Waals surface area (Å²) in [7, 11) is -3.08. The van der Waals surface area contributed by atoms with Crippen molar-refractivity contribution in [2.24, 2.45) is 5.92 Å². The standard InChI is InChI=1S/C16H22N4O2S/c1-3-20-16(7-9-17-20)15-6-4-5-14(18-15)11-13-8-10-19(12-13)23(2,21)22/h4-7,9,13H,3,8,10-12H2,1-2H3/t13-/m0/s1. The minimum absolute atomic E-state index is 0.337. The lowest BCUT2D eigenvalue weighted by molar-refractivity contribution is 0.459. The van der Waals surface area contributed by atoms with Crippen molar-refractivity contribution in [3.63, 3.8) is 0 Å². The van der Waals surface area contributed by atoms with Crippen molar-refractivity contribution in [1.29, 1.82) is 0 Å². The van der Waals surface area contributed by atoms with Crippen molar-refractivity contribution in [2.45, 2.75) is 26.3 Å². The largest absolute Gasteiger partial charge is 0.264 e. The van der Waals surface area contributed by atoms with Crippen LogP contribution in [-0.2, 0) is 23.0 Å². The van der Waals surface area contributed by atoms with Crippen LogP contribution < -0.4 is 0 Å².